The fourth-order valence-electron chi connectivity index (χ4n) is 1.01. The molecule has 5 heteroatoms. The molecule has 0 aliphatic heterocycles. The number of rotatable bonds is 6. The fourth-order valence-corrected chi connectivity index (χ4v) is 1.01. The van der Waals surface area contributed by atoms with Crippen molar-refractivity contribution in [3.05, 3.63) is 0 Å². The summed E-state index contributed by atoms with van der Waals surface area (Å²) in [5.41, 5.74) is -0.336. The van der Waals surface area contributed by atoms with E-state index in [9.17, 15) is 9.59 Å². The van der Waals surface area contributed by atoms with Gasteiger partial charge in [-0.15, -0.1) is 0 Å². The zero-order valence-corrected chi connectivity index (χ0v) is 11.4. The van der Waals surface area contributed by atoms with Gasteiger partial charge in [0.05, 0.1) is 18.6 Å². The average molecular weight is 245 g/mol. The van der Waals surface area contributed by atoms with Crippen molar-refractivity contribution in [3.63, 3.8) is 0 Å². The Morgan fingerprint density at radius 1 is 1.24 bits per heavy atom. The Labute approximate surface area is 103 Å². The summed E-state index contributed by atoms with van der Waals surface area (Å²) in [6, 6.07) is 0. The molecule has 0 heterocycles. The molecule has 0 rings (SSSR count). The van der Waals surface area contributed by atoms with E-state index in [0.717, 1.165) is 0 Å². The second kappa shape index (κ2) is 7.27. The van der Waals surface area contributed by atoms with Crippen LogP contribution in [0.1, 0.15) is 34.1 Å². The quantitative estimate of drug-likeness (QED) is 0.660. The Hall–Kier alpha value is -1.10. The van der Waals surface area contributed by atoms with Crippen LogP contribution in [0.4, 0.5) is 0 Å². The Kier molecular flexibility index (Phi) is 6.80. The van der Waals surface area contributed by atoms with Gasteiger partial charge in [0.15, 0.2) is 0 Å². The highest BCUT2D eigenvalue weighted by Crippen LogP contribution is 2.06. The van der Waals surface area contributed by atoms with Crippen LogP contribution in [0.15, 0.2) is 0 Å². The van der Waals surface area contributed by atoms with Gasteiger partial charge in [-0.2, -0.15) is 0 Å². The number of esters is 1. The van der Waals surface area contributed by atoms with Gasteiger partial charge in [-0.3, -0.25) is 9.59 Å². The maximum Gasteiger partial charge on any atom is 0.307 e. The summed E-state index contributed by atoms with van der Waals surface area (Å²) in [5, 5.41) is 0. The lowest BCUT2D eigenvalue weighted by Crippen LogP contribution is -2.35. The molecule has 0 saturated carbocycles. The van der Waals surface area contributed by atoms with E-state index >= 15 is 0 Å². The van der Waals surface area contributed by atoms with Crippen molar-refractivity contribution in [2.24, 2.45) is 0 Å². The van der Waals surface area contributed by atoms with E-state index in [1.54, 1.807) is 14.0 Å². The minimum atomic E-state index is -0.336. The zero-order valence-electron chi connectivity index (χ0n) is 11.4. The molecule has 0 bridgehead atoms. The molecule has 5 nitrogen and oxygen atoms in total. The predicted molar refractivity (Wildman–Crippen MR) is 64.6 cm³/mol. The Morgan fingerprint density at radius 2 is 1.82 bits per heavy atom. The molecule has 0 spiro atoms. The van der Waals surface area contributed by atoms with E-state index in [4.69, 9.17) is 9.47 Å². The Morgan fingerprint density at radius 3 is 2.29 bits per heavy atom. The molecule has 1 amide bonds. The van der Waals surface area contributed by atoms with Gasteiger partial charge in [-0.1, -0.05) is 0 Å². The molecular weight excluding hydrogens is 222 g/mol. The number of hydrogen-bond acceptors (Lipinski definition) is 4. The third-order valence-corrected chi connectivity index (χ3v) is 2.01. The molecule has 0 aliphatic carbocycles. The minimum Gasteiger partial charge on any atom is -0.466 e. The highest BCUT2D eigenvalue weighted by atomic mass is 16.5. The standard InChI is InChI=1S/C12H23NO4/c1-6-16-11(15)7-8-13(5)10(14)9-17-12(2,3)4/h6-9H2,1-5H3. The van der Waals surface area contributed by atoms with Gasteiger partial charge in [0.25, 0.3) is 0 Å². The van der Waals surface area contributed by atoms with Gasteiger partial charge < -0.3 is 14.4 Å². The number of carbonyl (C=O) groups is 2. The lowest BCUT2D eigenvalue weighted by molar-refractivity contribution is -0.145. The summed E-state index contributed by atoms with van der Waals surface area (Å²) < 4.78 is 10.1. The van der Waals surface area contributed by atoms with E-state index in [1.165, 1.54) is 4.90 Å². The maximum atomic E-state index is 11.6. The first-order valence-electron chi connectivity index (χ1n) is 5.80. The number of ether oxygens (including phenoxy) is 2. The van der Waals surface area contributed by atoms with Crippen LogP contribution in [0.25, 0.3) is 0 Å². The lowest BCUT2D eigenvalue weighted by atomic mass is 10.2. The summed E-state index contributed by atoms with van der Waals surface area (Å²) in [6.45, 7) is 8.16. The highest BCUT2D eigenvalue weighted by molar-refractivity contribution is 5.78. The second-order valence-electron chi connectivity index (χ2n) is 4.77. The zero-order chi connectivity index (χ0) is 13.5. The minimum absolute atomic E-state index is 0.0306. The first-order valence-corrected chi connectivity index (χ1v) is 5.80. The molecular formula is C12H23NO4. The van der Waals surface area contributed by atoms with E-state index in [-0.39, 0.29) is 30.5 Å². The van der Waals surface area contributed by atoms with E-state index in [1.807, 2.05) is 20.8 Å². The molecule has 0 aromatic heterocycles. The average Bonchev–Trinajstić information content (AvgIpc) is 2.22. The largest absolute Gasteiger partial charge is 0.466 e. The van der Waals surface area contributed by atoms with Crippen LogP contribution in [0.3, 0.4) is 0 Å². The van der Waals surface area contributed by atoms with Crippen LogP contribution in [0.2, 0.25) is 0 Å². The van der Waals surface area contributed by atoms with E-state index in [2.05, 4.69) is 0 Å². The van der Waals surface area contributed by atoms with E-state index < -0.39 is 0 Å². The third-order valence-electron chi connectivity index (χ3n) is 2.01. The number of carbonyl (C=O) groups excluding carboxylic acids is 2. The van der Waals surface area contributed by atoms with Crippen molar-refractivity contribution >= 4 is 11.9 Å². The SMILES string of the molecule is CCOC(=O)CCN(C)C(=O)COC(C)(C)C. The molecule has 0 aromatic rings. The number of hydrogen-bond donors (Lipinski definition) is 0. The molecule has 0 N–H and O–H groups in total. The monoisotopic (exact) mass is 245 g/mol. The second-order valence-corrected chi connectivity index (χ2v) is 4.77. The van der Waals surface area contributed by atoms with Crippen molar-refractivity contribution in [2.45, 2.75) is 39.7 Å². The normalized spacial score (nSPS) is 11.1. The highest BCUT2D eigenvalue weighted by Gasteiger charge is 2.16. The number of likely N-dealkylation sites (N-methyl/N-ethyl adjacent to an activating group) is 1. The maximum absolute atomic E-state index is 11.6. The van der Waals surface area contributed by atoms with Crippen molar-refractivity contribution in [3.8, 4) is 0 Å². The van der Waals surface area contributed by atoms with Crippen LogP contribution in [0.5, 0.6) is 0 Å². The topological polar surface area (TPSA) is 55.8 Å². The van der Waals surface area contributed by atoms with Gasteiger partial charge in [-0.05, 0) is 27.7 Å². The molecule has 100 valence electrons. The van der Waals surface area contributed by atoms with Gasteiger partial charge >= 0.3 is 5.97 Å². The molecule has 0 atom stereocenters. The smallest absolute Gasteiger partial charge is 0.307 e. The lowest BCUT2D eigenvalue weighted by Gasteiger charge is -2.22. The molecule has 0 fully saturated rings. The molecule has 0 radical (unpaired) electrons. The summed E-state index contributed by atoms with van der Waals surface area (Å²) in [5.74, 6) is -0.423. The van der Waals surface area contributed by atoms with Gasteiger partial charge in [0, 0.05) is 13.6 Å². The number of nitrogens with zero attached hydrogens (tertiary/aromatic N) is 1. The van der Waals surface area contributed by atoms with Crippen molar-refractivity contribution in [1.82, 2.24) is 4.90 Å². The van der Waals surface area contributed by atoms with Crippen LogP contribution in [-0.2, 0) is 19.1 Å². The fraction of sp³-hybridized carbons (Fsp3) is 0.833. The summed E-state index contributed by atoms with van der Waals surface area (Å²) in [6.07, 6.45) is 0.214. The molecule has 17 heavy (non-hydrogen) atoms. The van der Waals surface area contributed by atoms with Crippen molar-refractivity contribution in [1.29, 1.82) is 0 Å². The van der Waals surface area contributed by atoms with Crippen molar-refractivity contribution in [2.75, 3.05) is 26.8 Å². The van der Waals surface area contributed by atoms with Crippen LogP contribution >= 0.6 is 0 Å². The van der Waals surface area contributed by atoms with Crippen LogP contribution in [0, 0.1) is 0 Å². The molecule has 0 saturated heterocycles. The van der Waals surface area contributed by atoms with Crippen LogP contribution < -0.4 is 0 Å². The van der Waals surface area contributed by atoms with Gasteiger partial charge in [-0.25, -0.2) is 0 Å². The summed E-state index contributed by atoms with van der Waals surface area (Å²) in [7, 11) is 1.65. The van der Waals surface area contributed by atoms with Crippen LogP contribution in [-0.4, -0.2) is 49.2 Å². The molecule has 0 unspecified atom stereocenters. The number of amides is 1. The Bertz CT molecular complexity index is 258. The predicted octanol–water partition coefficient (Wildman–Crippen LogP) is 1.21. The molecule has 0 aliphatic rings. The third kappa shape index (κ3) is 8.68. The first kappa shape index (κ1) is 15.9. The Balaban J connectivity index is 3.86. The van der Waals surface area contributed by atoms with E-state index in [0.29, 0.717) is 13.2 Å². The first-order chi connectivity index (χ1) is 7.76. The summed E-state index contributed by atoms with van der Waals surface area (Å²) >= 11 is 0. The van der Waals surface area contributed by atoms with Gasteiger partial charge in [0.1, 0.15) is 6.61 Å². The molecule has 0 aromatic carbocycles. The summed E-state index contributed by atoms with van der Waals surface area (Å²) in [4.78, 5) is 24.2. The van der Waals surface area contributed by atoms with Gasteiger partial charge in [0.2, 0.25) is 5.91 Å². The van der Waals surface area contributed by atoms with Crippen molar-refractivity contribution < 1.29 is 19.1 Å².